The van der Waals surface area contributed by atoms with Crippen LogP contribution < -0.4 is 10.6 Å². The number of nitrogens with one attached hydrogen (secondary N) is 2. The van der Waals surface area contributed by atoms with Crippen molar-refractivity contribution in [3.8, 4) is 0 Å². The lowest BCUT2D eigenvalue weighted by Gasteiger charge is -2.21. The Kier molecular flexibility index (Phi) is 4.26. The summed E-state index contributed by atoms with van der Waals surface area (Å²) < 4.78 is 0. The van der Waals surface area contributed by atoms with E-state index in [4.69, 9.17) is 5.11 Å². The predicted octanol–water partition coefficient (Wildman–Crippen LogP) is 0.639. The molecule has 0 aliphatic carbocycles. The molecular weight excluding hydrogens is 248 g/mol. The fourth-order valence-corrected chi connectivity index (χ4v) is 1.36. The molecular formula is C13H16N2O4. The van der Waals surface area contributed by atoms with Crippen LogP contribution in [0.3, 0.4) is 0 Å². The van der Waals surface area contributed by atoms with Gasteiger partial charge in [-0.1, -0.05) is 6.07 Å². The Hall–Kier alpha value is -2.37. The zero-order valence-corrected chi connectivity index (χ0v) is 11.0. The number of hydrogen-bond donors (Lipinski definition) is 3. The maximum Gasteiger partial charge on any atom is 0.328 e. The second kappa shape index (κ2) is 5.51. The fraction of sp³-hybridized carbons (Fsp3) is 0.308. The largest absolute Gasteiger partial charge is 0.480 e. The van der Waals surface area contributed by atoms with Gasteiger partial charge in [-0.2, -0.15) is 0 Å². The quantitative estimate of drug-likeness (QED) is 0.743. The molecule has 6 heteroatoms. The van der Waals surface area contributed by atoms with Gasteiger partial charge in [0.15, 0.2) is 0 Å². The molecule has 0 spiro atoms. The van der Waals surface area contributed by atoms with Crippen LogP contribution in [0.25, 0.3) is 0 Å². The highest BCUT2D eigenvalue weighted by Crippen LogP contribution is 2.08. The van der Waals surface area contributed by atoms with Gasteiger partial charge < -0.3 is 15.7 Å². The van der Waals surface area contributed by atoms with Crippen LogP contribution in [0.4, 0.5) is 0 Å². The monoisotopic (exact) mass is 264 g/mol. The average Bonchev–Trinajstić information content (AvgIpc) is 2.37. The first-order chi connectivity index (χ1) is 8.77. The molecule has 0 heterocycles. The molecule has 1 aromatic rings. The Morgan fingerprint density at radius 3 is 2.11 bits per heavy atom. The molecule has 19 heavy (non-hydrogen) atoms. The molecule has 0 bridgehead atoms. The van der Waals surface area contributed by atoms with E-state index in [-0.39, 0.29) is 11.5 Å². The standard InChI is InChI=1S/C13H16N2O4/c1-13(2,12(18)19)15-11(17)9-6-4-5-8(7-9)10(16)14-3/h4-7H,1-3H3,(H,14,16)(H,15,17)(H,18,19). The predicted molar refractivity (Wildman–Crippen MR) is 69.0 cm³/mol. The third kappa shape index (κ3) is 3.54. The SMILES string of the molecule is CNC(=O)c1cccc(C(=O)NC(C)(C)C(=O)O)c1. The number of amides is 2. The first kappa shape index (κ1) is 14.7. The van der Waals surface area contributed by atoms with Crippen molar-refractivity contribution in [3.63, 3.8) is 0 Å². The number of rotatable bonds is 4. The second-order valence-electron chi connectivity index (χ2n) is 4.54. The Balaban J connectivity index is 2.95. The molecule has 2 amide bonds. The summed E-state index contributed by atoms with van der Waals surface area (Å²) in [6.07, 6.45) is 0. The van der Waals surface area contributed by atoms with Crippen LogP contribution in [-0.4, -0.2) is 35.5 Å². The van der Waals surface area contributed by atoms with Gasteiger partial charge >= 0.3 is 5.97 Å². The first-order valence-electron chi connectivity index (χ1n) is 5.66. The van der Waals surface area contributed by atoms with E-state index in [1.165, 1.54) is 33.0 Å². The number of aliphatic carboxylic acids is 1. The van der Waals surface area contributed by atoms with Crippen LogP contribution in [0.5, 0.6) is 0 Å². The molecule has 0 aliphatic heterocycles. The smallest absolute Gasteiger partial charge is 0.328 e. The lowest BCUT2D eigenvalue weighted by Crippen LogP contribution is -2.49. The molecule has 0 fully saturated rings. The molecule has 0 atom stereocenters. The van der Waals surface area contributed by atoms with E-state index in [0.717, 1.165) is 0 Å². The molecule has 0 saturated carbocycles. The zero-order chi connectivity index (χ0) is 14.6. The van der Waals surface area contributed by atoms with Crippen LogP contribution in [0, 0.1) is 0 Å². The summed E-state index contributed by atoms with van der Waals surface area (Å²) in [4.78, 5) is 34.3. The summed E-state index contributed by atoms with van der Waals surface area (Å²) in [7, 11) is 1.49. The average molecular weight is 264 g/mol. The van der Waals surface area contributed by atoms with Crippen LogP contribution in [0.1, 0.15) is 34.6 Å². The van der Waals surface area contributed by atoms with Crippen LogP contribution in [-0.2, 0) is 4.79 Å². The molecule has 0 aliphatic rings. The van der Waals surface area contributed by atoms with Gasteiger partial charge in [-0.05, 0) is 32.0 Å². The van der Waals surface area contributed by atoms with Crippen molar-refractivity contribution < 1.29 is 19.5 Å². The summed E-state index contributed by atoms with van der Waals surface area (Å²) in [5.41, 5.74) is -0.807. The zero-order valence-electron chi connectivity index (χ0n) is 11.0. The number of carboxylic acid groups (broad SMARTS) is 1. The van der Waals surface area contributed by atoms with Crippen molar-refractivity contribution in [2.45, 2.75) is 19.4 Å². The number of benzene rings is 1. The van der Waals surface area contributed by atoms with Gasteiger partial charge in [-0.15, -0.1) is 0 Å². The van der Waals surface area contributed by atoms with Crippen LogP contribution >= 0.6 is 0 Å². The Labute approximate surface area is 110 Å². The summed E-state index contributed by atoms with van der Waals surface area (Å²) in [6.45, 7) is 2.77. The van der Waals surface area contributed by atoms with Gasteiger partial charge in [-0.3, -0.25) is 9.59 Å². The van der Waals surface area contributed by atoms with E-state index in [9.17, 15) is 14.4 Å². The Morgan fingerprint density at radius 2 is 1.63 bits per heavy atom. The van der Waals surface area contributed by atoms with E-state index in [1.807, 2.05) is 0 Å². The Bertz CT molecular complexity index is 523. The third-order valence-electron chi connectivity index (χ3n) is 2.57. The fourth-order valence-electron chi connectivity index (χ4n) is 1.36. The van der Waals surface area contributed by atoms with Crippen molar-refractivity contribution in [2.75, 3.05) is 7.05 Å². The van der Waals surface area contributed by atoms with Gasteiger partial charge in [-0.25, -0.2) is 4.79 Å². The number of carboxylic acids is 1. The summed E-state index contributed by atoms with van der Waals surface area (Å²) in [5, 5.41) is 13.8. The summed E-state index contributed by atoms with van der Waals surface area (Å²) >= 11 is 0. The molecule has 0 aromatic heterocycles. The van der Waals surface area contributed by atoms with Crippen LogP contribution in [0.2, 0.25) is 0 Å². The minimum Gasteiger partial charge on any atom is -0.480 e. The second-order valence-corrected chi connectivity index (χ2v) is 4.54. The number of carbonyl (C=O) groups is 3. The molecule has 0 unspecified atom stereocenters. The highest BCUT2D eigenvalue weighted by Gasteiger charge is 2.29. The van der Waals surface area contributed by atoms with E-state index >= 15 is 0 Å². The highest BCUT2D eigenvalue weighted by molar-refractivity contribution is 6.01. The normalized spacial score (nSPS) is 10.7. The van der Waals surface area contributed by atoms with E-state index in [2.05, 4.69) is 10.6 Å². The molecule has 1 rings (SSSR count). The van der Waals surface area contributed by atoms with E-state index in [1.54, 1.807) is 12.1 Å². The highest BCUT2D eigenvalue weighted by atomic mass is 16.4. The molecule has 6 nitrogen and oxygen atoms in total. The lowest BCUT2D eigenvalue weighted by atomic mass is 10.0. The van der Waals surface area contributed by atoms with Crippen molar-refractivity contribution in [2.24, 2.45) is 0 Å². The van der Waals surface area contributed by atoms with E-state index in [0.29, 0.717) is 5.56 Å². The molecule has 0 saturated heterocycles. The van der Waals surface area contributed by atoms with Crippen molar-refractivity contribution in [1.29, 1.82) is 0 Å². The van der Waals surface area contributed by atoms with Gasteiger partial charge in [0.1, 0.15) is 5.54 Å². The minimum atomic E-state index is -1.37. The van der Waals surface area contributed by atoms with Crippen molar-refractivity contribution >= 4 is 17.8 Å². The van der Waals surface area contributed by atoms with Gasteiger partial charge in [0.2, 0.25) is 0 Å². The maximum absolute atomic E-state index is 11.9. The topological polar surface area (TPSA) is 95.5 Å². The first-order valence-corrected chi connectivity index (χ1v) is 5.66. The van der Waals surface area contributed by atoms with E-state index < -0.39 is 17.4 Å². The third-order valence-corrected chi connectivity index (χ3v) is 2.57. The summed E-state index contributed by atoms with van der Waals surface area (Å²) in [6, 6.07) is 6.05. The van der Waals surface area contributed by atoms with Gasteiger partial charge in [0.05, 0.1) is 0 Å². The Morgan fingerprint density at radius 1 is 1.11 bits per heavy atom. The molecule has 1 aromatic carbocycles. The lowest BCUT2D eigenvalue weighted by molar-refractivity contribution is -0.143. The minimum absolute atomic E-state index is 0.232. The van der Waals surface area contributed by atoms with Crippen molar-refractivity contribution in [3.05, 3.63) is 35.4 Å². The van der Waals surface area contributed by atoms with Gasteiger partial charge in [0.25, 0.3) is 11.8 Å². The van der Waals surface area contributed by atoms with Crippen molar-refractivity contribution in [1.82, 2.24) is 10.6 Å². The molecule has 3 N–H and O–H groups in total. The number of hydrogen-bond acceptors (Lipinski definition) is 3. The molecule has 0 radical (unpaired) electrons. The molecule has 102 valence electrons. The number of carbonyl (C=O) groups excluding carboxylic acids is 2. The van der Waals surface area contributed by atoms with Crippen LogP contribution in [0.15, 0.2) is 24.3 Å². The maximum atomic E-state index is 11.9. The summed E-state index contributed by atoms with van der Waals surface area (Å²) in [5.74, 6) is -1.99. The van der Waals surface area contributed by atoms with Gasteiger partial charge in [0, 0.05) is 18.2 Å².